The van der Waals surface area contributed by atoms with Gasteiger partial charge in [0.25, 0.3) is 0 Å². The molecular weight excluding hydrogens is 244 g/mol. The van der Waals surface area contributed by atoms with Crippen molar-refractivity contribution in [2.75, 3.05) is 25.1 Å². The van der Waals surface area contributed by atoms with Gasteiger partial charge in [-0.2, -0.15) is 11.8 Å². The van der Waals surface area contributed by atoms with Crippen LogP contribution in [0.25, 0.3) is 0 Å². The first-order valence-electron chi connectivity index (χ1n) is 6.29. The van der Waals surface area contributed by atoms with E-state index in [1.54, 1.807) is 11.8 Å². The zero-order chi connectivity index (χ0) is 13.0. The van der Waals surface area contributed by atoms with E-state index in [0.717, 1.165) is 12.3 Å². The second kappa shape index (κ2) is 6.25. The number of thioether (sulfide) groups is 1. The van der Waals surface area contributed by atoms with Crippen LogP contribution in [0.3, 0.4) is 0 Å². The molecule has 0 saturated carbocycles. The summed E-state index contributed by atoms with van der Waals surface area (Å²) >= 11 is 1.71. The fourth-order valence-electron chi connectivity index (χ4n) is 2.43. The number of benzene rings is 1. The van der Waals surface area contributed by atoms with Crippen LogP contribution in [0.4, 0.5) is 0 Å². The van der Waals surface area contributed by atoms with E-state index in [2.05, 4.69) is 12.1 Å². The van der Waals surface area contributed by atoms with Gasteiger partial charge in [0.1, 0.15) is 0 Å². The van der Waals surface area contributed by atoms with E-state index in [4.69, 9.17) is 5.73 Å². The van der Waals surface area contributed by atoms with Gasteiger partial charge in [-0.25, -0.2) is 0 Å². The maximum absolute atomic E-state index is 12.0. The molecule has 1 aliphatic heterocycles. The number of hydrogen-bond donors (Lipinski definition) is 1. The van der Waals surface area contributed by atoms with Crippen molar-refractivity contribution in [2.24, 2.45) is 5.73 Å². The number of carbonyl (C=O) groups excluding carboxylic acids is 1. The van der Waals surface area contributed by atoms with E-state index in [1.165, 1.54) is 5.56 Å². The molecule has 0 aliphatic carbocycles. The summed E-state index contributed by atoms with van der Waals surface area (Å²) in [6.45, 7) is 1.45. The molecule has 1 aromatic carbocycles. The first-order chi connectivity index (χ1) is 8.72. The molecule has 1 fully saturated rings. The molecule has 0 bridgehead atoms. The summed E-state index contributed by atoms with van der Waals surface area (Å²) in [5.74, 6) is 1.41. The van der Waals surface area contributed by atoms with Gasteiger partial charge in [0, 0.05) is 37.2 Å². The van der Waals surface area contributed by atoms with E-state index < -0.39 is 0 Å². The fraction of sp³-hybridized carbons (Fsp3) is 0.500. The number of rotatable bonds is 4. The highest BCUT2D eigenvalue weighted by atomic mass is 32.2. The topological polar surface area (TPSA) is 46.3 Å². The Kier molecular flexibility index (Phi) is 4.66. The minimum atomic E-state index is 0.0608. The van der Waals surface area contributed by atoms with Crippen LogP contribution >= 0.6 is 11.8 Å². The Morgan fingerprint density at radius 2 is 2.11 bits per heavy atom. The molecule has 2 N–H and O–H groups in total. The van der Waals surface area contributed by atoms with Crippen molar-refractivity contribution in [1.29, 1.82) is 0 Å². The van der Waals surface area contributed by atoms with Gasteiger partial charge in [-0.1, -0.05) is 30.3 Å². The average Bonchev–Trinajstić information content (AvgIpc) is 2.79. The van der Waals surface area contributed by atoms with Crippen molar-refractivity contribution in [3.63, 3.8) is 0 Å². The Labute approximate surface area is 113 Å². The van der Waals surface area contributed by atoms with Gasteiger partial charge in [0.2, 0.25) is 5.91 Å². The maximum Gasteiger partial charge on any atom is 0.223 e. The molecule has 2 atom stereocenters. The van der Waals surface area contributed by atoms with Gasteiger partial charge in [0.15, 0.2) is 0 Å². The third-order valence-electron chi connectivity index (χ3n) is 3.47. The molecule has 0 spiro atoms. The van der Waals surface area contributed by atoms with E-state index >= 15 is 0 Å². The van der Waals surface area contributed by atoms with E-state index in [9.17, 15) is 4.79 Å². The minimum absolute atomic E-state index is 0.0608. The normalized spacial score (nSPS) is 23.3. The van der Waals surface area contributed by atoms with Crippen LogP contribution in [0, 0.1) is 0 Å². The first-order valence-corrected chi connectivity index (χ1v) is 7.69. The van der Waals surface area contributed by atoms with Gasteiger partial charge in [-0.15, -0.1) is 0 Å². The molecule has 2 rings (SSSR count). The average molecular weight is 264 g/mol. The first kappa shape index (κ1) is 13.4. The lowest BCUT2D eigenvalue weighted by Gasteiger charge is -2.16. The van der Waals surface area contributed by atoms with Crippen LogP contribution in [-0.2, 0) is 4.79 Å². The number of amides is 1. The molecule has 4 heteroatoms. The molecule has 0 radical (unpaired) electrons. The molecule has 3 nitrogen and oxygen atoms in total. The number of nitrogens with zero attached hydrogens (tertiary/aromatic N) is 1. The van der Waals surface area contributed by atoms with Crippen molar-refractivity contribution in [3.8, 4) is 0 Å². The lowest BCUT2D eigenvalue weighted by atomic mass is 9.95. The highest BCUT2D eigenvalue weighted by molar-refractivity contribution is 7.98. The third-order valence-corrected chi connectivity index (χ3v) is 4.08. The standard InChI is InChI=1S/C14H20N2OS/c1-18-8-7-14(17)16-9-12(13(15)10-16)11-5-3-2-4-6-11/h2-6,12-13H,7-10,15H2,1H3. The molecule has 1 aromatic rings. The Bertz CT molecular complexity index is 396. The van der Waals surface area contributed by atoms with Crippen LogP contribution in [0.2, 0.25) is 0 Å². The number of nitrogens with two attached hydrogens (primary N) is 1. The van der Waals surface area contributed by atoms with Crippen LogP contribution in [0.5, 0.6) is 0 Å². The zero-order valence-electron chi connectivity index (χ0n) is 10.7. The quantitative estimate of drug-likeness (QED) is 0.900. The van der Waals surface area contributed by atoms with Gasteiger partial charge in [-0.05, 0) is 11.8 Å². The molecule has 1 aliphatic rings. The largest absolute Gasteiger partial charge is 0.340 e. The lowest BCUT2D eigenvalue weighted by molar-refractivity contribution is -0.129. The van der Waals surface area contributed by atoms with E-state index in [1.807, 2.05) is 29.4 Å². The van der Waals surface area contributed by atoms with Crippen molar-refractivity contribution >= 4 is 17.7 Å². The summed E-state index contributed by atoms with van der Waals surface area (Å²) in [7, 11) is 0. The van der Waals surface area contributed by atoms with Gasteiger partial charge in [0.05, 0.1) is 0 Å². The van der Waals surface area contributed by atoms with Crippen molar-refractivity contribution in [3.05, 3.63) is 35.9 Å². The fourth-order valence-corrected chi connectivity index (χ4v) is 2.81. The van der Waals surface area contributed by atoms with Gasteiger partial charge < -0.3 is 10.6 Å². The smallest absolute Gasteiger partial charge is 0.223 e. The Hall–Kier alpha value is -1.00. The maximum atomic E-state index is 12.0. The number of carbonyl (C=O) groups is 1. The number of hydrogen-bond acceptors (Lipinski definition) is 3. The molecule has 1 saturated heterocycles. The summed E-state index contributed by atoms with van der Waals surface area (Å²) in [6, 6.07) is 10.3. The Morgan fingerprint density at radius 3 is 2.78 bits per heavy atom. The van der Waals surface area contributed by atoms with Crippen LogP contribution in [0.1, 0.15) is 17.9 Å². The highest BCUT2D eigenvalue weighted by Crippen LogP contribution is 2.26. The second-order valence-corrected chi connectivity index (χ2v) is 5.71. The SMILES string of the molecule is CSCCC(=O)N1CC(N)C(c2ccccc2)C1. The molecule has 98 valence electrons. The van der Waals surface area contributed by atoms with E-state index in [0.29, 0.717) is 13.0 Å². The molecule has 2 unspecified atom stereocenters. The summed E-state index contributed by atoms with van der Waals surface area (Å²) in [6.07, 6.45) is 2.64. The minimum Gasteiger partial charge on any atom is -0.340 e. The predicted octanol–water partition coefficient (Wildman–Crippen LogP) is 1.69. The molecule has 18 heavy (non-hydrogen) atoms. The third kappa shape index (κ3) is 3.06. The van der Waals surface area contributed by atoms with E-state index in [-0.39, 0.29) is 17.9 Å². The molecular formula is C14H20N2OS. The van der Waals surface area contributed by atoms with Gasteiger partial charge in [-0.3, -0.25) is 4.79 Å². The monoisotopic (exact) mass is 264 g/mol. The summed E-state index contributed by atoms with van der Waals surface area (Å²) in [5.41, 5.74) is 7.41. The predicted molar refractivity (Wildman–Crippen MR) is 76.7 cm³/mol. The summed E-state index contributed by atoms with van der Waals surface area (Å²) in [5, 5.41) is 0. The molecule has 1 heterocycles. The highest BCUT2D eigenvalue weighted by Gasteiger charge is 2.33. The van der Waals surface area contributed by atoms with Gasteiger partial charge >= 0.3 is 0 Å². The van der Waals surface area contributed by atoms with Crippen LogP contribution < -0.4 is 5.73 Å². The summed E-state index contributed by atoms with van der Waals surface area (Å²) < 4.78 is 0. The van der Waals surface area contributed by atoms with Crippen LogP contribution in [0.15, 0.2) is 30.3 Å². The van der Waals surface area contributed by atoms with Crippen molar-refractivity contribution in [2.45, 2.75) is 18.4 Å². The number of likely N-dealkylation sites (tertiary alicyclic amines) is 1. The second-order valence-electron chi connectivity index (χ2n) is 4.72. The molecule has 1 amide bonds. The Balaban J connectivity index is 1.99. The summed E-state index contributed by atoms with van der Waals surface area (Å²) in [4.78, 5) is 13.9. The van der Waals surface area contributed by atoms with Crippen LogP contribution in [-0.4, -0.2) is 41.9 Å². The van der Waals surface area contributed by atoms with Crippen molar-refractivity contribution in [1.82, 2.24) is 4.90 Å². The van der Waals surface area contributed by atoms with Crippen molar-refractivity contribution < 1.29 is 4.79 Å². The lowest BCUT2D eigenvalue weighted by Crippen LogP contribution is -2.32. The Morgan fingerprint density at radius 1 is 1.39 bits per heavy atom. The zero-order valence-corrected chi connectivity index (χ0v) is 11.5. The molecule has 0 aromatic heterocycles.